The Kier molecular flexibility index (Phi) is 8.64. The number of nitriles is 1. The molecule has 0 N–H and O–H groups in total. The van der Waals surface area contributed by atoms with Crippen LogP contribution in [0.3, 0.4) is 0 Å². The van der Waals surface area contributed by atoms with Gasteiger partial charge in [-0.25, -0.2) is 15.0 Å². The normalized spacial score (nSPS) is 12.0. The van der Waals surface area contributed by atoms with Crippen molar-refractivity contribution in [3.63, 3.8) is 0 Å². The second-order valence-electron chi connectivity index (χ2n) is 13.1. The van der Waals surface area contributed by atoms with E-state index in [0.717, 1.165) is 61.9 Å². The molecule has 1 aromatic heterocycles. The molecule has 0 spiro atoms. The van der Waals surface area contributed by atoms with Gasteiger partial charge in [-0.1, -0.05) is 133 Å². The Hall–Kier alpha value is -7.36. The Morgan fingerprint density at radius 1 is 0.444 bits per heavy atom. The highest BCUT2D eigenvalue weighted by Crippen LogP contribution is 2.45. The van der Waals surface area contributed by atoms with Crippen LogP contribution in [0.4, 0.5) is 17.1 Å². The summed E-state index contributed by atoms with van der Waals surface area (Å²) in [5.74, 6) is 3.23. The van der Waals surface area contributed by atoms with Crippen LogP contribution >= 0.6 is 0 Å². The van der Waals surface area contributed by atoms with Gasteiger partial charge < -0.3 is 9.64 Å². The Labute approximate surface area is 314 Å². The molecule has 7 aromatic carbocycles. The molecule has 0 saturated carbocycles. The Morgan fingerprint density at radius 3 is 1.41 bits per heavy atom. The van der Waals surface area contributed by atoms with Crippen molar-refractivity contribution in [3.8, 4) is 51.7 Å². The predicted octanol–water partition coefficient (Wildman–Crippen LogP) is 11.5. The first-order valence-corrected chi connectivity index (χ1v) is 17.9. The van der Waals surface area contributed by atoms with Crippen molar-refractivity contribution >= 4 is 17.1 Å². The molecule has 2 heterocycles. The third-order valence-electron chi connectivity index (χ3n) is 9.70. The van der Waals surface area contributed by atoms with Crippen LogP contribution in [-0.2, 0) is 12.8 Å². The van der Waals surface area contributed by atoms with Crippen LogP contribution < -0.4 is 9.64 Å². The molecule has 0 atom stereocenters. The summed E-state index contributed by atoms with van der Waals surface area (Å²) in [4.78, 5) is 17.5. The van der Waals surface area contributed by atoms with Crippen LogP contribution in [0.2, 0.25) is 0 Å². The van der Waals surface area contributed by atoms with Gasteiger partial charge in [0.2, 0.25) is 0 Å². The van der Waals surface area contributed by atoms with Gasteiger partial charge in [-0.2, -0.15) is 5.26 Å². The zero-order chi connectivity index (χ0) is 36.3. The molecule has 1 aliphatic heterocycles. The highest BCUT2D eigenvalue weighted by molar-refractivity contribution is 5.89. The van der Waals surface area contributed by atoms with Crippen molar-refractivity contribution < 1.29 is 4.74 Å². The maximum atomic E-state index is 10.3. The molecule has 0 fully saturated rings. The summed E-state index contributed by atoms with van der Waals surface area (Å²) in [6, 6.07) is 61.5. The minimum absolute atomic E-state index is 0.472. The minimum atomic E-state index is 0.472. The lowest BCUT2D eigenvalue weighted by Gasteiger charge is -2.32. The standard InChI is InChI=1S/C48H33N5O/c49-32-33-27-28-43(40(29-33)48-51-46(34-15-3-1-4-16-34)50-47(52-48)35-17-5-2-6-18-35)53-41-23-11-7-19-36(41)30-38-21-9-13-25-44(38)54-45-26-14-10-22-39(45)31-37-20-8-12-24-42(37)53/h1-29H,30-31H2. The fourth-order valence-electron chi connectivity index (χ4n) is 7.08. The first kappa shape index (κ1) is 32.5. The van der Waals surface area contributed by atoms with E-state index in [-0.39, 0.29) is 0 Å². The summed E-state index contributed by atoms with van der Waals surface area (Å²) in [5, 5.41) is 10.3. The second-order valence-corrected chi connectivity index (χ2v) is 13.1. The van der Waals surface area contributed by atoms with Crippen molar-refractivity contribution in [3.05, 3.63) is 204 Å². The third-order valence-corrected chi connectivity index (χ3v) is 9.70. The summed E-state index contributed by atoms with van der Waals surface area (Å²) in [5.41, 5.74) is 10.2. The van der Waals surface area contributed by atoms with Gasteiger partial charge in [0.05, 0.1) is 17.3 Å². The number of rotatable bonds is 4. The maximum Gasteiger partial charge on any atom is 0.166 e. The quantitative estimate of drug-likeness (QED) is 0.182. The number of hydrogen-bond donors (Lipinski definition) is 0. The third kappa shape index (κ3) is 6.36. The molecule has 6 nitrogen and oxygen atoms in total. The molecule has 0 amide bonds. The van der Waals surface area contributed by atoms with Crippen molar-refractivity contribution in [1.29, 1.82) is 5.26 Å². The molecule has 0 radical (unpaired) electrons. The van der Waals surface area contributed by atoms with Crippen molar-refractivity contribution in [2.75, 3.05) is 4.90 Å². The van der Waals surface area contributed by atoms with Crippen LogP contribution in [0, 0.1) is 11.3 Å². The summed E-state index contributed by atoms with van der Waals surface area (Å²) in [7, 11) is 0. The van der Waals surface area contributed by atoms with E-state index in [4.69, 9.17) is 19.7 Å². The molecule has 8 aromatic rings. The molecule has 256 valence electrons. The molecule has 0 saturated heterocycles. The van der Waals surface area contributed by atoms with E-state index in [1.165, 1.54) is 0 Å². The number of fused-ring (bicyclic) bond motifs is 4. The highest BCUT2D eigenvalue weighted by Gasteiger charge is 2.26. The fourth-order valence-corrected chi connectivity index (χ4v) is 7.08. The van der Waals surface area contributed by atoms with Crippen molar-refractivity contribution in [1.82, 2.24) is 15.0 Å². The van der Waals surface area contributed by atoms with Gasteiger partial charge in [-0.3, -0.25) is 0 Å². The van der Waals surface area contributed by atoms with Gasteiger partial charge in [-0.05, 0) is 64.7 Å². The Morgan fingerprint density at radius 2 is 0.889 bits per heavy atom. The van der Waals surface area contributed by atoms with Gasteiger partial charge >= 0.3 is 0 Å². The molecular weight excluding hydrogens is 663 g/mol. The number of anilines is 3. The summed E-state index contributed by atoms with van der Waals surface area (Å²) < 4.78 is 6.69. The average Bonchev–Trinajstić information content (AvgIpc) is 3.23. The maximum absolute atomic E-state index is 10.3. The molecule has 0 unspecified atom stereocenters. The largest absolute Gasteiger partial charge is 0.457 e. The van der Waals surface area contributed by atoms with E-state index in [1.54, 1.807) is 0 Å². The first-order valence-electron chi connectivity index (χ1n) is 17.9. The van der Waals surface area contributed by atoms with E-state index in [1.807, 2.05) is 103 Å². The van der Waals surface area contributed by atoms with Crippen LogP contribution in [0.25, 0.3) is 34.2 Å². The number of ether oxygens (including phenoxy) is 1. The first-order chi connectivity index (χ1) is 26.7. The van der Waals surface area contributed by atoms with Crippen LogP contribution in [0.1, 0.15) is 27.8 Å². The lowest BCUT2D eigenvalue weighted by atomic mass is 9.96. The number of para-hydroxylation sites is 4. The number of nitrogens with zero attached hydrogens (tertiary/aromatic N) is 5. The van der Waals surface area contributed by atoms with Crippen LogP contribution in [-0.4, -0.2) is 15.0 Å². The molecule has 0 bridgehead atoms. The lowest BCUT2D eigenvalue weighted by molar-refractivity contribution is 0.472. The van der Waals surface area contributed by atoms with E-state index in [2.05, 4.69) is 83.8 Å². The number of hydrogen-bond acceptors (Lipinski definition) is 6. The lowest BCUT2D eigenvalue weighted by Crippen LogP contribution is -2.16. The zero-order valence-electron chi connectivity index (χ0n) is 29.3. The van der Waals surface area contributed by atoms with Crippen molar-refractivity contribution in [2.24, 2.45) is 0 Å². The smallest absolute Gasteiger partial charge is 0.166 e. The Bertz CT molecular complexity index is 2520. The highest BCUT2D eigenvalue weighted by atomic mass is 16.5. The number of aromatic nitrogens is 3. The van der Waals surface area contributed by atoms with Crippen molar-refractivity contribution in [2.45, 2.75) is 12.8 Å². The summed E-state index contributed by atoms with van der Waals surface area (Å²) in [6.07, 6.45) is 1.25. The topological polar surface area (TPSA) is 74.9 Å². The van der Waals surface area contributed by atoms with E-state index in [9.17, 15) is 5.26 Å². The molecule has 1 aliphatic rings. The summed E-state index contributed by atoms with van der Waals surface area (Å²) in [6.45, 7) is 0. The van der Waals surface area contributed by atoms with Crippen LogP contribution in [0.5, 0.6) is 11.5 Å². The summed E-state index contributed by atoms with van der Waals surface area (Å²) >= 11 is 0. The zero-order valence-corrected chi connectivity index (χ0v) is 29.3. The van der Waals surface area contributed by atoms with E-state index < -0.39 is 0 Å². The van der Waals surface area contributed by atoms with Gasteiger partial charge in [0, 0.05) is 40.9 Å². The average molecular weight is 696 g/mol. The van der Waals surface area contributed by atoms with Gasteiger partial charge in [0.1, 0.15) is 11.5 Å². The molecule has 9 rings (SSSR count). The minimum Gasteiger partial charge on any atom is -0.457 e. The number of benzene rings is 7. The molecule has 0 aliphatic carbocycles. The van der Waals surface area contributed by atoms with Gasteiger partial charge in [0.15, 0.2) is 17.5 Å². The van der Waals surface area contributed by atoms with Gasteiger partial charge in [-0.15, -0.1) is 0 Å². The van der Waals surface area contributed by atoms with Gasteiger partial charge in [0.25, 0.3) is 0 Å². The molecule has 6 heteroatoms. The second kappa shape index (κ2) is 14.3. The van der Waals surface area contributed by atoms with E-state index >= 15 is 0 Å². The fraction of sp³-hybridized carbons (Fsp3) is 0.0417. The molecule has 54 heavy (non-hydrogen) atoms. The SMILES string of the molecule is N#Cc1ccc(N2c3ccccc3Cc3ccccc3Oc3ccccc3Cc3ccccc32)c(-c2nc(-c3ccccc3)nc(-c3ccccc3)n2)c1. The Balaban J connectivity index is 1.33. The predicted molar refractivity (Wildman–Crippen MR) is 214 cm³/mol. The monoisotopic (exact) mass is 695 g/mol. The molecular formula is C48H33N5O. The van der Waals surface area contributed by atoms with E-state index in [0.29, 0.717) is 41.4 Å². The van der Waals surface area contributed by atoms with Crippen LogP contribution in [0.15, 0.2) is 176 Å².